The van der Waals surface area contributed by atoms with Gasteiger partial charge in [0.25, 0.3) is 0 Å². The first-order chi connectivity index (χ1) is 5.04. The van der Waals surface area contributed by atoms with E-state index in [9.17, 15) is 5.11 Å². The molecule has 0 saturated heterocycles. The molecule has 1 aromatic carbocycles. The second-order valence-electron chi connectivity index (χ2n) is 2.13. The minimum atomic E-state index is 0.270. The number of hydrogen-bond acceptors (Lipinski definition) is 1. The summed E-state index contributed by atoms with van der Waals surface area (Å²) in [6.07, 6.45) is 0. The quantitative estimate of drug-likeness (QED) is 0.706. The zero-order valence-electron chi connectivity index (χ0n) is 5.66. The second kappa shape index (κ2) is 3.46. The van der Waals surface area contributed by atoms with Crippen LogP contribution in [-0.2, 0) is 0 Å². The molecule has 1 nitrogen and oxygen atoms in total. The van der Waals surface area contributed by atoms with E-state index in [4.69, 9.17) is 0 Å². The Morgan fingerprint density at radius 1 is 1.18 bits per heavy atom. The lowest BCUT2D eigenvalue weighted by Crippen LogP contribution is -1.80. The Hall–Kier alpha value is 0.460. The summed E-state index contributed by atoms with van der Waals surface area (Å²) in [4.78, 5) is 0. The highest BCUT2D eigenvalue weighted by molar-refractivity contribution is 9.13. The third kappa shape index (κ3) is 1.79. The van der Waals surface area contributed by atoms with Gasteiger partial charge in [-0.2, -0.15) is 0 Å². The van der Waals surface area contributed by atoms with Gasteiger partial charge in [-0.05, 0) is 44.8 Å². The van der Waals surface area contributed by atoms with Crippen LogP contribution in [0.1, 0.15) is 5.56 Å². The van der Waals surface area contributed by atoms with E-state index < -0.39 is 0 Å². The maximum atomic E-state index is 9.46. The molecule has 0 atom stereocenters. The van der Waals surface area contributed by atoms with Crippen molar-refractivity contribution >= 4 is 47.8 Å². The molecule has 0 spiro atoms. The highest BCUT2D eigenvalue weighted by Crippen LogP contribution is 2.38. The Morgan fingerprint density at radius 2 is 1.73 bits per heavy atom. The van der Waals surface area contributed by atoms with Crippen molar-refractivity contribution in [3.63, 3.8) is 0 Å². The van der Waals surface area contributed by atoms with E-state index in [2.05, 4.69) is 47.8 Å². The van der Waals surface area contributed by atoms with Crippen LogP contribution in [0.2, 0.25) is 0 Å². The highest BCUT2D eigenvalue weighted by Gasteiger charge is 2.08. The smallest absolute Gasteiger partial charge is 0.134 e. The fourth-order valence-electron chi connectivity index (χ4n) is 0.674. The molecule has 0 unspecified atom stereocenters. The molecule has 60 valence electrons. The molecule has 0 aromatic heterocycles. The number of halogens is 3. The van der Waals surface area contributed by atoms with Crippen LogP contribution < -0.4 is 0 Å². The first kappa shape index (κ1) is 9.55. The predicted octanol–water partition coefficient (Wildman–Crippen LogP) is 3.99. The van der Waals surface area contributed by atoms with E-state index >= 15 is 0 Å². The number of phenols is 1. The summed E-state index contributed by atoms with van der Waals surface area (Å²) in [5, 5.41) is 9.46. The third-order valence-electron chi connectivity index (χ3n) is 1.38. The molecule has 0 aliphatic rings. The van der Waals surface area contributed by atoms with Crippen LogP contribution >= 0.6 is 47.8 Å². The maximum Gasteiger partial charge on any atom is 0.134 e. The molecule has 0 heterocycles. The van der Waals surface area contributed by atoms with Gasteiger partial charge in [0.05, 0.1) is 4.47 Å². The average Bonchev–Trinajstić information content (AvgIpc) is 1.97. The van der Waals surface area contributed by atoms with Crippen molar-refractivity contribution in [3.8, 4) is 5.75 Å². The fourth-order valence-corrected chi connectivity index (χ4v) is 2.23. The summed E-state index contributed by atoms with van der Waals surface area (Å²) >= 11 is 9.86. The lowest BCUT2D eigenvalue weighted by Gasteiger charge is -2.05. The first-order valence-corrected chi connectivity index (χ1v) is 5.25. The molecule has 1 N–H and O–H groups in total. The zero-order chi connectivity index (χ0) is 8.59. The van der Waals surface area contributed by atoms with Crippen molar-refractivity contribution in [2.45, 2.75) is 6.92 Å². The Balaban J connectivity index is 3.46. The molecule has 0 saturated carbocycles. The van der Waals surface area contributed by atoms with E-state index in [0.717, 1.165) is 14.5 Å². The van der Waals surface area contributed by atoms with Gasteiger partial charge in [-0.25, -0.2) is 0 Å². The van der Waals surface area contributed by atoms with Crippen LogP contribution in [0.4, 0.5) is 0 Å². The molecule has 1 aromatic rings. The number of rotatable bonds is 0. The third-order valence-corrected chi connectivity index (χ3v) is 4.17. The van der Waals surface area contributed by atoms with Crippen LogP contribution in [0.5, 0.6) is 5.75 Å². The molecule has 0 bridgehead atoms. The number of benzene rings is 1. The molecular formula is C7H5Br3O. The zero-order valence-corrected chi connectivity index (χ0v) is 10.4. The van der Waals surface area contributed by atoms with Crippen LogP contribution in [-0.4, -0.2) is 5.11 Å². The van der Waals surface area contributed by atoms with Crippen LogP contribution in [0.3, 0.4) is 0 Å². The van der Waals surface area contributed by atoms with Crippen molar-refractivity contribution < 1.29 is 5.11 Å². The van der Waals surface area contributed by atoms with E-state index in [1.54, 1.807) is 0 Å². The Kier molecular flexibility index (Phi) is 3.00. The summed E-state index contributed by atoms with van der Waals surface area (Å²) in [7, 11) is 0. The minimum Gasteiger partial charge on any atom is -0.506 e. The lowest BCUT2D eigenvalue weighted by atomic mass is 10.2. The standard InChI is InChI=1S/C7H5Br3O/c1-3-4(8)2-5(9)6(10)7(3)11/h2,11H,1H3. The molecule has 0 aliphatic carbocycles. The van der Waals surface area contributed by atoms with E-state index in [1.165, 1.54) is 0 Å². The second-order valence-corrected chi connectivity index (χ2v) is 4.63. The van der Waals surface area contributed by atoms with Gasteiger partial charge >= 0.3 is 0 Å². The minimum absolute atomic E-state index is 0.270. The topological polar surface area (TPSA) is 20.2 Å². The molecule has 11 heavy (non-hydrogen) atoms. The SMILES string of the molecule is Cc1c(Br)cc(Br)c(Br)c1O. The summed E-state index contributed by atoms with van der Waals surface area (Å²) in [5.41, 5.74) is 0.833. The van der Waals surface area contributed by atoms with Gasteiger partial charge in [0.1, 0.15) is 5.75 Å². The highest BCUT2D eigenvalue weighted by atomic mass is 79.9. The Bertz CT molecular complexity index is 270. The normalized spacial score (nSPS) is 10.2. The Labute approximate surface area is 90.2 Å². The maximum absolute atomic E-state index is 9.46. The number of aromatic hydroxyl groups is 1. The Morgan fingerprint density at radius 3 is 2.27 bits per heavy atom. The molecule has 1 rings (SSSR count). The average molecular weight is 345 g/mol. The summed E-state index contributed by atoms with van der Waals surface area (Å²) in [6, 6.07) is 1.89. The molecule has 0 amide bonds. The number of hydrogen-bond donors (Lipinski definition) is 1. The van der Waals surface area contributed by atoms with Gasteiger partial charge in [-0.3, -0.25) is 0 Å². The monoisotopic (exact) mass is 342 g/mol. The van der Waals surface area contributed by atoms with Crippen molar-refractivity contribution in [2.24, 2.45) is 0 Å². The van der Waals surface area contributed by atoms with E-state index in [0.29, 0.717) is 4.47 Å². The van der Waals surface area contributed by atoms with E-state index in [-0.39, 0.29) is 5.75 Å². The lowest BCUT2D eigenvalue weighted by molar-refractivity contribution is 0.466. The van der Waals surface area contributed by atoms with Gasteiger partial charge in [0, 0.05) is 14.5 Å². The van der Waals surface area contributed by atoms with Gasteiger partial charge in [0.2, 0.25) is 0 Å². The summed E-state index contributed by atoms with van der Waals surface area (Å²) < 4.78 is 2.43. The van der Waals surface area contributed by atoms with Crippen LogP contribution in [0.25, 0.3) is 0 Å². The summed E-state index contributed by atoms with van der Waals surface area (Å²) in [6.45, 7) is 1.84. The van der Waals surface area contributed by atoms with Crippen molar-refractivity contribution in [1.29, 1.82) is 0 Å². The molecular weight excluding hydrogens is 340 g/mol. The van der Waals surface area contributed by atoms with Gasteiger partial charge in [0.15, 0.2) is 0 Å². The van der Waals surface area contributed by atoms with Crippen LogP contribution in [0.15, 0.2) is 19.5 Å². The molecule has 0 fully saturated rings. The first-order valence-electron chi connectivity index (χ1n) is 2.87. The fraction of sp³-hybridized carbons (Fsp3) is 0.143. The van der Waals surface area contributed by atoms with Crippen molar-refractivity contribution in [3.05, 3.63) is 25.0 Å². The summed E-state index contributed by atoms with van der Waals surface area (Å²) in [5.74, 6) is 0.270. The van der Waals surface area contributed by atoms with Crippen molar-refractivity contribution in [2.75, 3.05) is 0 Å². The van der Waals surface area contributed by atoms with Gasteiger partial charge in [-0.15, -0.1) is 0 Å². The van der Waals surface area contributed by atoms with Gasteiger partial charge < -0.3 is 5.11 Å². The predicted molar refractivity (Wildman–Crippen MR) is 55.9 cm³/mol. The van der Waals surface area contributed by atoms with E-state index in [1.807, 2.05) is 13.0 Å². The largest absolute Gasteiger partial charge is 0.506 e. The van der Waals surface area contributed by atoms with Gasteiger partial charge in [-0.1, -0.05) is 15.9 Å². The molecule has 0 radical (unpaired) electrons. The molecule has 4 heteroatoms. The van der Waals surface area contributed by atoms with Crippen molar-refractivity contribution in [1.82, 2.24) is 0 Å². The van der Waals surface area contributed by atoms with Crippen LogP contribution in [0, 0.1) is 6.92 Å². The number of phenolic OH excluding ortho intramolecular Hbond substituents is 1. The molecule has 0 aliphatic heterocycles.